The van der Waals surface area contributed by atoms with Gasteiger partial charge in [-0.05, 0) is 50.0 Å². The highest BCUT2D eigenvalue weighted by molar-refractivity contribution is 9.10. The molecule has 3 rings (SSSR count). The molecule has 1 unspecified atom stereocenters. The molecule has 1 aromatic carbocycles. The first-order valence-corrected chi connectivity index (χ1v) is 7.34. The Morgan fingerprint density at radius 3 is 2.67 bits per heavy atom. The van der Waals surface area contributed by atoms with Gasteiger partial charge in [0, 0.05) is 29.2 Å². The van der Waals surface area contributed by atoms with Gasteiger partial charge in [0.2, 0.25) is 0 Å². The van der Waals surface area contributed by atoms with E-state index >= 15 is 0 Å². The molecule has 2 fully saturated rings. The van der Waals surface area contributed by atoms with E-state index in [1.54, 1.807) is 12.1 Å². The molecule has 2 saturated heterocycles. The topological polar surface area (TPSA) is 15.3 Å². The van der Waals surface area contributed by atoms with E-state index in [0.717, 1.165) is 48.1 Å². The molecule has 1 N–H and O–H groups in total. The molecule has 98 valence electrons. The number of likely N-dealkylation sites (tertiary alicyclic amines) is 1. The molecule has 2 nitrogen and oxygen atoms in total. The van der Waals surface area contributed by atoms with Crippen molar-refractivity contribution in [2.45, 2.75) is 13.0 Å². The zero-order chi connectivity index (χ0) is 12.7. The van der Waals surface area contributed by atoms with E-state index in [1.165, 1.54) is 0 Å². The molecule has 1 aromatic rings. The number of nitrogens with one attached hydrogen (secondary N) is 1. The van der Waals surface area contributed by atoms with E-state index in [2.05, 4.69) is 33.1 Å². The maximum atomic E-state index is 13.9. The van der Waals surface area contributed by atoms with Crippen molar-refractivity contribution < 1.29 is 4.39 Å². The Balaban J connectivity index is 1.78. The second-order valence-electron chi connectivity index (χ2n) is 5.47. The lowest BCUT2D eigenvalue weighted by molar-refractivity contribution is 0.239. The van der Waals surface area contributed by atoms with Crippen LogP contribution in [0.4, 0.5) is 4.39 Å². The monoisotopic (exact) mass is 312 g/mol. The summed E-state index contributed by atoms with van der Waals surface area (Å²) in [4.78, 5) is 2.42. The molecule has 0 saturated carbocycles. The molecule has 0 aliphatic carbocycles. The zero-order valence-electron chi connectivity index (χ0n) is 10.5. The zero-order valence-corrected chi connectivity index (χ0v) is 12.1. The Kier molecular flexibility index (Phi) is 3.43. The summed E-state index contributed by atoms with van der Waals surface area (Å²) in [6, 6.07) is 5.38. The number of benzene rings is 1. The van der Waals surface area contributed by atoms with E-state index in [1.807, 2.05) is 6.07 Å². The Morgan fingerprint density at radius 2 is 2.00 bits per heavy atom. The van der Waals surface area contributed by atoms with Crippen molar-refractivity contribution in [1.82, 2.24) is 10.2 Å². The van der Waals surface area contributed by atoms with Gasteiger partial charge in [-0.3, -0.25) is 4.90 Å². The van der Waals surface area contributed by atoms with Crippen LogP contribution < -0.4 is 5.32 Å². The summed E-state index contributed by atoms with van der Waals surface area (Å²) in [5.74, 6) is 1.41. The van der Waals surface area contributed by atoms with Crippen LogP contribution >= 0.6 is 15.9 Å². The number of nitrogens with zero attached hydrogens (tertiary/aromatic N) is 1. The fourth-order valence-corrected chi connectivity index (χ4v) is 3.62. The first kappa shape index (κ1) is 12.6. The Bertz CT molecular complexity index is 439. The van der Waals surface area contributed by atoms with Crippen LogP contribution in [0.3, 0.4) is 0 Å². The predicted octanol–water partition coefficient (Wildman–Crippen LogP) is 2.80. The summed E-state index contributed by atoms with van der Waals surface area (Å²) in [7, 11) is 0. The third-order valence-electron chi connectivity index (χ3n) is 4.37. The molecule has 4 heteroatoms. The molecule has 2 heterocycles. The van der Waals surface area contributed by atoms with Gasteiger partial charge in [-0.2, -0.15) is 0 Å². The molecule has 2 aliphatic heterocycles. The molecule has 0 spiro atoms. The average molecular weight is 313 g/mol. The minimum absolute atomic E-state index is 0.0964. The molecule has 0 radical (unpaired) electrons. The van der Waals surface area contributed by atoms with Crippen LogP contribution in [-0.4, -0.2) is 31.1 Å². The van der Waals surface area contributed by atoms with Crippen molar-refractivity contribution >= 4 is 15.9 Å². The van der Waals surface area contributed by atoms with Gasteiger partial charge in [-0.1, -0.05) is 15.9 Å². The predicted molar refractivity (Wildman–Crippen MR) is 73.9 cm³/mol. The first-order chi connectivity index (χ1) is 8.65. The molecular weight excluding hydrogens is 295 g/mol. The maximum absolute atomic E-state index is 13.9. The van der Waals surface area contributed by atoms with E-state index in [4.69, 9.17) is 0 Å². The number of halogens is 2. The highest BCUT2D eigenvalue weighted by atomic mass is 79.9. The van der Waals surface area contributed by atoms with Gasteiger partial charge in [0.25, 0.3) is 0 Å². The standard InChI is InChI=1S/C14H18BrFN2/c1-9(13-4-12(15)2-3-14(13)16)18-7-10-5-17-6-11(10)8-18/h2-4,9-11,17H,5-8H2,1H3/t9?,10-,11+. The van der Waals surface area contributed by atoms with E-state index in [0.29, 0.717) is 0 Å². The van der Waals surface area contributed by atoms with Crippen LogP contribution in [0.15, 0.2) is 22.7 Å². The summed E-state index contributed by atoms with van der Waals surface area (Å²) in [6.07, 6.45) is 0. The second kappa shape index (κ2) is 4.91. The van der Waals surface area contributed by atoms with Crippen LogP contribution in [-0.2, 0) is 0 Å². The third-order valence-corrected chi connectivity index (χ3v) is 4.87. The Labute approximate surface area is 116 Å². The summed E-state index contributed by atoms with van der Waals surface area (Å²) < 4.78 is 14.9. The minimum atomic E-state index is -0.0964. The van der Waals surface area contributed by atoms with Crippen LogP contribution in [0.25, 0.3) is 0 Å². The average Bonchev–Trinajstić information content (AvgIpc) is 2.91. The summed E-state index contributed by atoms with van der Waals surface area (Å²) >= 11 is 3.43. The van der Waals surface area contributed by atoms with E-state index in [-0.39, 0.29) is 11.9 Å². The summed E-state index contributed by atoms with van der Waals surface area (Å²) in [5.41, 5.74) is 0.803. The van der Waals surface area contributed by atoms with Gasteiger partial charge in [0.1, 0.15) is 5.82 Å². The lowest BCUT2D eigenvalue weighted by Crippen LogP contribution is -2.29. The summed E-state index contributed by atoms with van der Waals surface area (Å²) in [5, 5.41) is 3.44. The van der Waals surface area contributed by atoms with Crippen LogP contribution in [0, 0.1) is 17.7 Å². The Morgan fingerprint density at radius 1 is 1.33 bits per heavy atom. The van der Waals surface area contributed by atoms with Crippen molar-refractivity contribution in [2.24, 2.45) is 11.8 Å². The first-order valence-electron chi connectivity index (χ1n) is 6.55. The van der Waals surface area contributed by atoms with Gasteiger partial charge in [-0.15, -0.1) is 0 Å². The molecule has 3 atom stereocenters. The maximum Gasteiger partial charge on any atom is 0.128 e. The van der Waals surface area contributed by atoms with Crippen molar-refractivity contribution in [3.8, 4) is 0 Å². The molecule has 0 aromatic heterocycles. The quantitative estimate of drug-likeness (QED) is 0.903. The SMILES string of the molecule is CC(c1cc(Br)ccc1F)N1C[C@H]2CNC[C@H]2C1. The van der Waals surface area contributed by atoms with Crippen LogP contribution in [0.1, 0.15) is 18.5 Å². The Hall–Kier alpha value is -0.450. The molecule has 0 amide bonds. The van der Waals surface area contributed by atoms with Crippen molar-refractivity contribution in [1.29, 1.82) is 0 Å². The molecular formula is C14H18BrFN2. The van der Waals surface area contributed by atoms with Crippen LogP contribution in [0.2, 0.25) is 0 Å². The van der Waals surface area contributed by atoms with Gasteiger partial charge in [0.15, 0.2) is 0 Å². The second-order valence-corrected chi connectivity index (χ2v) is 6.39. The van der Waals surface area contributed by atoms with Gasteiger partial charge >= 0.3 is 0 Å². The van der Waals surface area contributed by atoms with E-state index < -0.39 is 0 Å². The highest BCUT2D eigenvalue weighted by Gasteiger charge is 2.38. The number of hydrogen-bond donors (Lipinski definition) is 1. The number of hydrogen-bond acceptors (Lipinski definition) is 2. The molecule has 18 heavy (non-hydrogen) atoms. The van der Waals surface area contributed by atoms with Crippen LogP contribution in [0.5, 0.6) is 0 Å². The highest BCUT2D eigenvalue weighted by Crippen LogP contribution is 2.34. The van der Waals surface area contributed by atoms with Gasteiger partial charge in [0.05, 0.1) is 0 Å². The fraction of sp³-hybridized carbons (Fsp3) is 0.571. The van der Waals surface area contributed by atoms with Crippen molar-refractivity contribution in [3.63, 3.8) is 0 Å². The minimum Gasteiger partial charge on any atom is -0.316 e. The lowest BCUT2D eigenvalue weighted by Gasteiger charge is -2.26. The van der Waals surface area contributed by atoms with Gasteiger partial charge < -0.3 is 5.32 Å². The number of rotatable bonds is 2. The summed E-state index contributed by atoms with van der Waals surface area (Å²) in [6.45, 7) is 6.53. The third kappa shape index (κ3) is 2.22. The van der Waals surface area contributed by atoms with Crippen molar-refractivity contribution in [2.75, 3.05) is 26.2 Å². The normalized spacial score (nSPS) is 29.5. The van der Waals surface area contributed by atoms with Crippen molar-refractivity contribution in [3.05, 3.63) is 34.1 Å². The fourth-order valence-electron chi connectivity index (χ4n) is 3.24. The van der Waals surface area contributed by atoms with Gasteiger partial charge in [-0.25, -0.2) is 4.39 Å². The lowest BCUT2D eigenvalue weighted by atomic mass is 10.0. The largest absolute Gasteiger partial charge is 0.316 e. The molecule has 2 aliphatic rings. The number of fused-ring (bicyclic) bond motifs is 1. The smallest absolute Gasteiger partial charge is 0.128 e. The van der Waals surface area contributed by atoms with E-state index in [9.17, 15) is 4.39 Å². The molecule has 0 bridgehead atoms.